The normalized spacial score (nSPS) is 17.0. The van der Waals surface area contributed by atoms with Gasteiger partial charge in [0, 0.05) is 19.1 Å². The first kappa shape index (κ1) is 24.4. The van der Waals surface area contributed by atoms with Crippen molar-refractivity contribution in [2.45, 2.75) is 44.8 Å². The topological polar surface area (TPSA) is 155 Å². The number of anilines is 1. The van der Waals surface area contributed by atoms with Crippen molar-refractivity contribution < 1.29 is 22.7 Å². The van der Waals surface area contributed by atoms with Crippen molar-refractivity contribution in [3.8, 4) is 11.5 Å². The Balaban J connectivity index is 1.36. The van der Waals surface area contributed by atoms with Gasteiger partial charge in [0.05, 0.1) is 18.2 Å². The lowest BCUT2D eigenvalue weighted by Crippen LogP contribution is -2.44. The van der Waals surface area contributed by atoms with E-state index in [2.05, 4.69) is 30.5 Å². The number of aliphatic hydroxyl groups excluding tert-OH is 1. The number of carbonyl (C=O) groups excluding carboxylic acids is 1. The number of fused-ring (bicyclic) bond motifs is 1. The van der Waals surface area contributed by atoms with E-state index in [4.69, 9.17) is 0 Å². The van der Waals surface area contributed by atoms with Crippen LogP contribution < -0.4 is 10.0 Å². The number of aliphatic hydroxyl groups is 1. The Bertz CT molecular complexity index is 1410. The molecule has 2 aromatic heterocycles. The number of benzene rings is 1. The minimum absolute atomic E-state index is 0.0225. The molecule has 3 N–H and O–H groups in total. The third-order valence-corrected chi connectivity index (χ3v) is 7.76. The molecule has 0 unspecified atom stereocenters. The Kier molecular flexibility index (Phi) is 6.51. The van der Waals surface area contributed by atoms with Gasteiger partial charge in [0.1, 0.15) is 17.3 Å². The van der Waals surface area contributed by atoms with Gasteiger partial charge in [-0.3, -0.25) is 4.79 Å². The summed E-state index contributed by atoms with van der Waals surface area (Å²) < 4.78 is 45.4. The van der Waals surface area contributed by atoms with E-state index < -0.39 is 21.9 Å². The molecule has 0 bridgehead atoms. The summed E-state index contributed by atoms with van der Waals surface area (Å²) in [6.07, 6.45) is 2.00. The van der Waals surface area contributed by atoms with E-state index in [-0.39, 0.29) is 43.2 Å². The molecular weight excluding hydrogens is 491 g/mol. The highest BCUT2D eigenvalue weighted by atomic mass is 32.2. The summed E-state index contributed by atoms with van der Waals surface area (Å²) in [7, 11) is -3.65. The molecule has 1 atom stereocenters. The van der Waals surface area contributed by atoms with Gasteiger partial charge in [-0.1, -0.05) is 6.07 Å². The number of nitrogens with zero attached hydrogens (tertiary/aromatic N) is 6. The first-order valence-electron chi connectivity index (χ1n) is 11.5. The summed E-state index contributed by atoms with van der Waals surface area (Å²) in [5, 5.41) is 23.4. The van der Waals surface area contributed by atoms with Crippen LogP contribution in [0.3, 0.4) is 0 Å². The third kappa shape index (κ3) is 4.97. The molecular formula is C22H25FN8O4S. The monoisotopic (exact) mass is 516 g/mol. The molecule has 14 heteroatoms. The molecule has 1 fully saturated rings. The molecule has 0 spiro atoms. The van der Waals surface area contributed by atoms with Crippen molar-refractivity contribution in [1.82, 2.24) is 34.2 Å². The molecule has 3 heterocycles. The number of amides is 1. The van der Waals surface area contributed by atoms with Gasteiger partial charge in [0.25, 0.3) is 16.1 Å². The summed E-state index contributed by atoms with van der Waals surface area (Å²) in [6.45, 7) is 1.85. The van der Waals surface area contributed by atoms with E-state index in [0.717, 1.165) is 12.8 Å². The highest BCUT2D eigenvalue weighted by molar-refractivity contribution is 7.87. The van der Waals surface area contributed by atoms with Crippen LogP contribution in [-0.2, 0) is 23.2 Å². The minimum atomic E-state index is -3.65. The summed E-state index contributed by atoms with van der Waals surface area (Å²) in [4.78, 5) is 17.3. The zero-order valence-electron chi connectivity index (χ0n) is 19.4. The molecule has 1 aliphatic carbocycles. The molecule has 0 saturated heterocycles. The van der Waals surface area contributed by atoms with E-state index in [1.807, 2.05) is 0 Å². The summed E-state index contributed by atoms with van der Waals surface area (Å²) in [5.41, 5.74) is 1.39. The molecule has 12 nitrogen and oxygen atoms in total. The maximum atomic E-state index is 14.8. The van der Waals surface area contributed by atoms with Gasteiger partial charge in [-0.2, -0.15) is 17.4 Å². The first-order chi connectivity index (χ1) is 17.2. The number of aromatic nitrogens is 5. The van der Waals surface area contributed by atoms with Crippen LogP contribution in [0.5, 0.6) is 0 Å². The predicted octanol–water partition coefficient (Wildman–Crippen LogP) is 1.03. The highest BCUT2D eigenvalue weighted by Crippen LogP contribution is 2.27. The van der Waals surface area contributed by atoms with Crippen molar-refractivity contribution in [2.75, 3.05) is 18.5 Å². The number of rotatable bonds is 8. The third-order valence-electron chi connectivity index (χ3n) is 6.14. The highest BCUT2D eigenvalue weighted by Gasteiger charge is 2.33. The Morgan fingerprint density at radius 3 is 2.83 bits per heavy atom. The maximum Gasteiger partial charge on any atom is 0.280 e. The number of tetrazole rings is 1. The lowest BCUT2D eigenvalue weighted by Gasteiger charge is -2.28. The number of carbonyl (C=O) groups is 1. The molecule has 36 heavy (non-hydrogen) atoms. The van der Waals surface area contributed by atoms with E-state index in [9.17, 15) is 22.7 Å². The predicted molar refractivity (Wildman–Crippen MR) is 126 cm³/mol. The van der Waals surface area contributed by atoms with E-state index in [1.54, 1.807) is 25.1 Å². The number of hydrogen-bond acceptors (Lipinski definition) is 8. The molecule has 5 rings (SSSR count). The van der Waals surface area contributed by atoms with Crippen LogP contribution in [0.2, 0.25) is 0 Å². The number of nitrogens with one attached hydrogen (secondary N) is 2. The summed E-state index contributed by atoms with van der Waals surface area (Å²) >= 11 is 0. The Morgan fingerprint density at radius 2 is 2.08 bits per heavy atom. The van der Waals surface area contributed by atoms with E-state index in [1.165, 1.54) is 21.1 Å². The molecule has 1 aromatic carbocycles. The fourth-order valence-electron chi connectivity index (χ4n) is 3.97. The van der Waals surface area contributed by atoms with Crippen molar-refractivity contribution in [2.24, 2.45) is 0 Å². The average molecular weight is 517 g/mol. The van der Waals surface area contributed by atoms with Crippen LogP contribution >= 0.6 is 0 Å². The fraction of sp³-hybridized carbons (Fsp3) is 0.409. The number of hydrogen-bond donors (Lipinski definition) is 3. The van der Waals surface area contributed by atoms with Crippen molar-refractivity contribution in [3.63, 3.8) is 0 Å². The van der Waals surface area contributed by atoms with Gasteiger partial charge >= 0.3 is 0 Å². The van der Waals surface area contributed by atoms with Gasteiger partial charge in [-0.25, -0.2) is 14.1 Å². The second kappa shape index (κ2) is 9.61. The van der Waals surface area contributed by atoms with Crippen LogP contribution in [0.15, 0.2) is 30.3 Å². The van der Waals surface area contributed by atoms with Gasteiger partial charge in [-0.15, -0.1) is 5.10 Å². The Hall–Kier alpha value is -3.33. The van der Waals surface area contributed by atoms with Crippen molar-refractivity contribution in [1.29, 1.82) is 0 Å². The fourth-order valence-corrected chi connectivity index (χ4v) is 5.41. The Morgan fingerprint density at radius 1 is 1.28 bits per heavy atom. The SMILES string of the molecule is C[C@H](CO)n1nnnc1-c1cccc(NC(=O)c2cc3c(cc2F)CCN(S(=O)(=O)NC2CC2)C3)n1. The molecule has 3 aromatic rings. The van der Waals surface area contributed by atoms with Crippen LogP contribution in [0.25, 0.3) is 11.5 Å². The molecule has 190 valence electrons. The van der Waals surface area contributed by atoms with Crippen LogP contribution in [0, 0.1) is 5.82 Å². The van der Waals surface area contributed by atoms with Gasteiger partial charge in [-0.05, 0) is 72.0 Å². The smallest absolute Gasteiger partial charge is 0.280 e. The maximum absolute atomic E-state index is 14.8. The zero-order chi connectivity index (χ0) is 25.4. The molecule has 1 aliphatic heterocycles. The standard InChI is InChI=1S/C22H25FN8O4S/c1-13(12-32)31-21(26-28-29-31)19-3-2-4-20(24-19)25-22(33)17-9-15-11-30(8-7-14(15)10-18(17)23)36(34,35)27-16-5-6-16/h2-4,9-10,13,16,27,32H,5-8,11-12H2,1H3,(H,24,25,33)/t13-/m1/s1. The summed E-state index contributed by atoms with van der Waals surface area (Å²) in [6, 6.07) is 7.10. The number of pyridine rings is 1. The second-order valence-corrected chi connectivity index (χ2v) is 10.6. The lowest BCUT2D eigenvalue weighted by molar-refractivity contribution is 0.102. The molecule has 0 radical (unpaired) electrons. The zero-order valence-corrected chi connectivity index (χ0v) is 20.2. The quantitative estimate of drug-likeness (QED) is 0.401. The number of halogens is 1. The largest absolute Gasteiger partial charge is 0.394 e. The van der Waals surface area contributed by atoms with Gasteiger partial charge in [0.2, 0.25) is 5.82 Å². The van der Waals surface area contributed by atoms with E-state index >= 15 is 0 Å². The average Bonchev–Trinajstić information content (AvgIpc) is 3.52. The van der Waals surface area contributed by atoms with Crippen LogP contribution in [-0.4, -0.2) is 68.1 Å². The van der Waals surface area contributed by atoms with Gasteiger partial charge < -0.3 is 10.4 Å². The Labute approximate surface area is 206 Å². The first-order valence-corrected chi connectivity index (χ1v) is 13.0. The van der Waals surface area contributed by atoms with Crippen molar-refractivity contribution in [3.05, 3.63) is 52.8 Å². The lowest BCUT2D eigenvalue weighted by atomic mass is 9.97. The minimum Gasteiger partial charge on any atom is -0.394 e. The van der Waals surface area contributed by atoms with Gasteiger partial charge in [0.15, 0.2) is 0 Å². The molecule has 1 saturated carbocycles. The van der Waals surface area contributed by atoms with Crippen molar-refractivity contribution >= 4 is 21.9 Å². The molecule has 1 amide bonds. The molecule has 2 aliphatic rings. The van der Waals surface area contributed by atoms with E-state index in [0.29, 0.717) is 29.1 Å². The second-order valence-electron chi connectivity index (χ2n) is 8.92. The summed E-state index contributed by atoms with van der Waals surface area (Å²) in [5.74, 6) is -0.970. The van der Waals surface area contributed by atoms with Crippen LogP contribution in [0.1, 0.15) is 47.3 Å². The van der Waals surface area contributed by atoms with Crippen LogP contribution in [0.4, 0.5) is 10.2 Å².